The third-order valence-electron chi connectivity index (χ3n) is 1.53. The molecule has 14 heavy (non-hydrogen) atoms. The Morgan fingerprint density at radius 2 is 1.86 bits per heavy atom. The summed E-state index contributed by atoms with van der Waals surface area (Å²) >= 11 is 0. The van der Waals surface area contributed by atoms with Crippen LogP contribution in [0.5, 0.6) is 0 Å². The van der Waals surface area contributed by atoms with Crippen LogP contribution in [-0.2, 0) is 9.05 Å². The zero-order chi connectivity index (χ0) is 10.9. The molecule has 0 fully saturated rings. The average Bonchev–Trinajstić information content (AvgIpc) is 2.02. The van der Waals surface area contributed by atoms with Gasteiger partial charge in [-0.25, -0.2) is 17.2 Å². The van der Waals surface area contributed by atoms with E-state index in [9.17, 15) is 17.2 Å². The summed E-state index contributed by atoms with van der Waals surface area (Å²) in [4.78, 5) is -0.754. The minimum atomic E-state index is -4.20. The van der Waals surface area contributed by atoms with Gasteiger partial charge in [0.1, 0.15) is 16.5 Å². The van der Waals surface area contributed by atoms with Crippen molar-refractivity contribution in [2.24, 2.45) is 0 Å². The normalized spacial score (nSPS) is 11.4. The van der Waals surface area contributed by atoms with E-state index in [4.69, 9.17) is 10.7 Å². The predicted molar refractivity (Wildman–Crippen MR) is 49.5 cm³/mol. The van der Waals surface area contributed by atoms with Crippen molar-refractivity contribution in [2.45, 2.75) is 4.90 Å². The Bertz CT molecular complexity index is 482. The minimum Gasteiger partial charge on any atom is -0.207 e. The van der Waals surface area contributed by atoms with Gasteiger partial charge >= 0.3 is 0 Å². The van der Waals surface area contributed by atoms with Crippen molar-refractivity contribution in [2.75, 3.05) is 0 Å². The molecule has 0 saturated heterocycles. The van der Waals surface area contributed by atoms with Gasteiger partial charge in [-0.05, 0) is 6.07 Å². The topological polar surface area (TPSA) is 34.1 Å². The number of hydrogen-bond donors (Lipinski definition) is 0. The van der Waals surface area contributed by atoms with E-state index in [-0.39, 0.29) is 5.56 Å². The third-order valence-corrected chi connectivity index (χ3v) is 2.87. The largest absolute Gasteiger partial charge is 0.264 e. The number of rotatable bonds is 2. The molecule has 0 aliphatic heterocycles. The van der Waals surface area contributed by atoms with Crippen LogP contribution in [0.2, 0.25) is 0 Å². The molecule has 0 heterocycles. The lowest BCUT2D eigenvalue weighted by molar-refractivity contribution is 0.552. The molecule has 6 heteroatoms. The molecule has 0 atom stereocenters. The maximum Gasteiger partial charge on any atom is 0.264 e. The molecule has 1 aromatic rings. The van der Waals surface area contributed by atoms with Crippen molar-refractivity contribution in [1.29, 1.82) is 0 Å². The highest BCUT2D eigenvalue weighted by Crippen LogP contribution is 2.22. The molecule has 0 bridgehead atoms. The molecular weight excluding hydrogens is 234 g/mol. The monoisotopic (exact) mass is 238 g/mol. The van der Waals surface area contributed by atoms with E-state index in [1.807, 2.05) is 0 Å². The molecule has 0 amide bonds. The van der Waals surface area contributed by atoms with E-state index in [0.29, 0.717) is 6.07 Å². The summed E-state index contributed by atoms with van der Waals surface area (Å²) in [5, 5.41) is 0. The van der Waals surface area contributed by atoms with Crippen LogP contribution in [0.1, 0.15) is 5.56 Å². The summed E-state index contributed by atoms with van der Waals surface area (Å²) in [5.41, 5.74) is -0.120. The highest BCUT2D eigenvalue weighted by Gasteiger charge is 2.18. The molecule has 0 N–H and O–H groups in total. The van der Waals surface area contributed by atoms with Crippen LogP contribution in [0.3, 0.4) is 0 Å². The Kier molecular flexibility index (Phi) is 2.92. The quantitative estimate of drug-likeness (QED) is 0.742. The highest BCUT2D eigenvalue weighted by molar-refractivity contribution is 8.13. The Hall–Kier alpha value is -0.940. The zero-order valence-electron chi connectivity index (χ0n) is 6.80. The lowest BCUT2D eigenvalue weighted by atomic mass is 10.2. The van der Waals surface area contributed by atoms with Crippen molar-refractivity contribution < 1.29 is 17.2 Å². The second-order valence-electron chi connectivity index (χ2n) is 2.45. The van der Waals surface area contributed by atoms with E-state index in [0.717, 1.165) is 12.1 Å². The second-order valence-corrected chi connectivity index (χ2v) is 4.98. The van der Waals surface area contributed by atoms with Crippen molar-refractivity contribution in [3.63, 3.8) is 0 Å². The van der Waals surface area contributed by atoms with E-state index >= 15 is 0 Å². The van der Waals surface area contributed by atoms with Gasteiger partial charge in [-0.2, -0.15) is 0 Å². The number of benzene rings is 1. The molecular formula is C8H5ClF2O2S. The lowest BCUT2D eigenvalue weighted by Crippen LogP contribution is -1.98. The molecule has 0 aliphatic carbocycles. The van der Waals surface area contributed by atoms with E-state index < -0.39 is 25.6 Å². The first-order chi connectivity index (χ1) is 6.36. The lowest BCUT2D eigenvalue weighted by Gasteiger charge is -2.01. The zero-order valence-corrected chi connectivity index (χ0v) is 8.37. The van der Waals surface area contributed by atoms with Crippen molar-refractivity contribution >= 4 is 25.8 Å². The Balaban J connectivity index is 3.55. The van der Waals surface area contributed by atoms with Gasteiger partial charge < -0.3 is 0 Å². The maximum atomic E-state index is 12.9. The SMILES string of the molecule is C=Cc1cc(S(=O)(=O)Cl)c(F)cc1F. The van der Waals surface area contributed by atoms with Gasteiger partial charge in [0.2, 0.25) is 0 Å². The van der Waals surface area contributed by atoms with Crippen LogP contribution in [0, 0.1) is 11.6 Å². The van der Waals surface area contributed by atoms with Gasteiger partial charge in [0.25, 0.3) is 9.05 Å². The van der Waals surface area contributed by atoms with Crippen LogP contribution >= 0.6 is 10.7 Å². The molecule has 1 aromatic carbocycles. The standard InChI is InChI=1S/C8H5ClF2O2S/c1-2-5-3-8(14(9,12)13)7(11)4-6(5)10/h2-4H,1H2. The molecule has 2 nitrogen and oxygen atoms in total. The number of halogens is 3. The molecule has 1 rings (SSSR count). The summed E-state index contributed by atoms with van der Waals surface area (Å²) < 4.78 is 47.4. The van der Waals surface area contributed by atoms with Crippen molar-refractivity contribution in [3.8, 4) is 0 Å². The smallest absolute Gasteiger partial charge is 0.207 e. The Morgan fingerprint density at radius 1 is 1.29 bits per heavy atom. The highest BCUT2D eigenvalue weighted by atomic mass is 35.7. The first-order valence-electron chi connectivity index (χ1n) is 3.42. The molecule has 0 radical (unpaired) electrons. The fraction of sp³-hybridized carbons (Fsp3) is 0. The molecule has 76 valence electrons. The summed E-state index contributed by atoms with van der Waals surface area (Å²) in [5.74, 6) is -2.11. The first-order valence-corrected chi connectivity index (χ1v) is 5.73. The Labute approximate surface area is 84.2 Å². The van der Waals surface area contributed by atoms with E-state index in [1.165, 1.54) is 0 Å². The van der Waals surface area contributed by atoms with Crippen LogP contribution in [-0.4, -0.2) is 8.42 Å². The first kappa shape index (κ1) is 11.1. The summed E-state index contributed by atoms with van der Waals surface area (Å²) in [6.07, 6.45) is 1.07. The number of hydrogen-bond acceptors (Lipinski definition) is 2. The van der Waals surface area contributed by atoms with Gasteiger partial charge in [0.15, 0.2) is 0 Å². The molecule has 0 aliphatic rings. The summed E-state index contributed by atoms with van der Waals surface area (Å²) in [6.45, 7) is 3.24. The summed E-state index contributed by atoms with van der Waals surface area (Å²) in [6, 6.07) is 1.24. The molecule has 0 unspecified atom stereocenters. The second kappa shape index (κ2) is 3.67. The Morgan fingerprint density at radius 3 is 2.29 bits per heavy atom. The predicted octanol–water partition coefficient (Wildman–Crippen LogP) is 2.54. The van der Waals surface area contributed by atoms with E-state index in [2.05, 4.69) is 6.58 Å². The minimum absolute atomic E-state index is 0.120. The van der Waals surface area contributed by atoms with Gasteiger partial charge in [-0.15, -0.1) is 0 Å². The fourth-order valence-electron chi connectivity index (χ4n) is 0.888. The van der Waals surface area contributed by atoms with Crippen LogP contribution < -0.4 is 0 Å². The van der Waals surface area contributed by atoms with Crippen LogP contribution in [0.15, 0.2) is 23.6 Å². The van der Waals surface area contributed by atoms with E-state index in [1.54, 1.807) is 0 Å². The molecule has 0 aromatic heterocycles. The maximum absolute atomic E-state index is 12.9. The van der Waals surface area contributed by atoms with Gasteiger partial charge in [0.05, 0.1) is 0 Å². The van der Waals surface area contributed by atoms with Gasteiger partial charge in [-0.1, -0.05) is 12.7 Å². The van der Waals surface area contributed by atoms with Gasteiger partial charge in [0, 0.05) is 22.3 Å². The van der Waals surface area contributed by atoms with Crippen molar-refractivity contribution in [1.82, 2.24) is 0 Å². The van der Waals surface area contributed by atoms with Gasteiger partial charge in [-0.3, -0.25) is 0 Å². The van der Waals surface area contributed by atoms with Crippen LogP contribution in [0.25, 0.3) is 6.08 Å². The third kappa shape index (κ3) is 2.10. The summed E-state index contributed by atoms with van der Waals surface area (Å²) in [7, 11) is 0.721. The van der Waals surface area contributed by atoms with Crippen LogP contribution in [0.4, 0.5) is 8.78 Å². The molecule has 0 spiro atoms. The fourth-order valence-corrected chi connectivity index (χ4v) is 1.80. The van der Waals surface area contributed by atoms with Crippen molar-refractivity contribution in [3.05, 3.63) is 35.9 Å². The molecule has 0 saturated carbocycles. The average molecular weight is 239 g/mol.